The van der Waals surface area contributed by atoms with Crippen molar-refractivity contribution in [3.8, 4) is 0 Å². The molecule has 1 N–H and O–H groups in total. The molecule has 232 valence electrons. The normalized spacial score (nSPS) is 13.2. The number of halogens is 4. The number of carbonyl (C=O) groups excluding carboxylic acids is 2. The highest BCUT2D eigenvalue weighted by Gasteiger charge is 2.37. The number of alkyl halides is 3. The minimum absolute atomic E-state index is 0.0343. The Morgan fingerprint density at radius 2 is 1.60 bits per heavy atom. The van der Waals surface area contributed by atoms with Crippen molar-refractivity contribution in [2.24, 2.45) is 0 Å². The summed E-state index contributed by atoms with van der Waals surface area (Å²) in [6, 6.07) is 14.4. The van der Waals surface area contributed by atoms with Crippen LogP contribution in [0.15, 0.2) is 71.6 Å². The van der Waals surface area contributed by atoms with Gasteiger partial charge in [0, 0.05) is 12.6 Å². The lowest BCUT2D eigenvalue weighted by Gasteiger charge is -2.33. The molecule has 0 heterocycles. The number of aryl methyl sites for hydroxylation is 2. The minimum atomic E-state index is -4.88. The maximum absolute atomic E-state index is 14.0. The molecule has 0 aliphatic heterocycles. The Labute approximate surface area is 255 Å². The Hall–Kier alpha value is -3.57. The van der Waals surface area contributed by atoms with Gasteiger partial charge >= 0.3 is 6.18 Å². The summed E-state index contributed by atoms with van der Waals surface area (Å²) in [7, 11) is -4.55. The van der Waals surface area contributed by atoms with E-state index in [0.29, 0.717) is 16.8 Å². The van der Waals surface area contributed by atoms with Crippen molar-refractivity contribution in [2.45, 2.75) is 70.7 Å². The van der Waals surface area contributed by atoms with Crippen molar-refractivity contribution in [3.63, 3.8) is 0 Å². The SMILES string of the molecule is CC[C@@H](C)NC(=O)[C@@H](C)N(Cc1ccccc1C)C(=O)CN(c1ccc(Cl)c(C(F)(F)F)c1)S(=O)(=O)c1ccc(C)cc1. The number of nitrogens with one attached hydrogen (secondary N) is 1. The van der Waals surface area contributed by atoms with E-state index in [0.717, 1.165) is 28.8 Å². The zero-order chi connectivity index (χ0) is 32.1. The molecule has 3 aromatic carbocycles. The predicted molar refractivity (Wildman–Crippen MR) is 161 cm³/mol. The summed E-state index contributed by atoms with van der Waals surface area (Å²) in [5.74, 6) is -1.23. The van der Waals surface area contributed by atoms with Gasteiger partial charge in [0.1, 0.15) is 12.6 Å². The number of carbonyl (C=O) groups is 2. The van der Waals surface area contributed by atoms with Crippen molar-refractivity contribution in [1.29, 1.82) is 0 Å². The number of rotatable bonds is 11. The van der Waals surface area contributed by atoms with Gasteiger partial charge < -0.3 is 10.2 Å². The molecule has 0 saturated carbocycles. The van der Waals surface area contributed by atoms with E-state index in [9.17, 15) is 31.2 Å². The minimum Gasteiger partial charge on any atom is -0.352 e. The van der Waals surface area contributed by atoms with Crippen molar-refractivity contribution in [1.82, 2.24) is 10.2 Å². The Bertz CT molecular complexity index is 1560. The highest BCUT2D eigenvalue weighted by atomic mass is 35.5. The summed E-state index contributed by atoms with van der Waals surface area (Å²) >= 11 is 5.82. The molecule has 0 aliphatic carbocycles. The average Bonchev–Trinajstić information content (AvgIpc) is 2.94. The topological polar surface area (TPSA) is 86.8 Å². The monoisotopic (exact) mass is 637 g/mol. The summed E-state index contributed by atoms with van der Waals surface area (Å²) in [6.45, 7) is 7.91. The molecule has 2 amide bonds. The highest BCUT2D eigenvalue weighted by Crippen LogP contribution is 2.38. The summed E-state index contributed by atoms with van der Waals surface area (Å²) in [5.41, 5.74) is 0.668. The van der Waals surface area contributed by atoms with Crippen LogP contribution >= 0.6 is 11.6 Å². The van der Waals surface area contributed by atoms with Crippen molar-refractivity contribution in [3.05, 3.63) is 94.0 Å². The molecule has 0 spiro atoms. The molecule has 3 aromatic rings. The number of nitrogens with zero attached hydrogens (tertiary/aromatic N) is 2. The highest BCUT2D eigenvalue weighted by molar-refractivity contribution is 7.92. The first kappa shape index (κ1) is 33.9. The van der Waals surface area contributed by atoms with Crippen molar-refractivity contribution < 1.29 is 31.2 Å². The second-order valence-corrected chi connectivity index (χ2v) is 12.7. The predicted octanol–water partition coefficient (Wildman–Crippen LogP) is 6.50. The third-order valence-corrected chi connectivity index (χ3v) is 9.32. The molecular formula is C31H35ClF3N3O4S. The molecule has 0 aliphatic rings. The van der Waals surface area contributed by atoms with Gasteiger partial charge in [-0.1, -0.05) is 60.5 Å². The van der Waals surface area contributed by atoms with E-state index >= 15 is 0 Å². The van der Waals surface area contributed by atoms with Gasteiger partial charge in [-0.25, -0.2) is 8.42 Å². The van der Waals surface area contributed by atoms with Crippen LogP contribution in [0.3, 0.4) is 0 Å². The van der Waals surface area contributed by atoms with Gasteiger partial charge in [0.15, 0.2) is 0 Å². The van der Waals surface area contributed by atoms with Crippen LogP contribution < -0.4 is 9.62 Å². The standard InChI is InChI=1S/C31H35ClF3N3O4S/c1-6-22(4)36-30(40)23(5)37(18-24-10-8-7-9-21(24)3)29(39)19-38(43(41,42)26-14-11-20(2)12-15-26)25-13-16-28(32)27(17-25)31(33,34)35/h7-17,22-23H,6,18-19H2,1-5H3,(H,36,40)/t22-,23-/m1/s1. The van der Waals surface area contributed by atoms with Crippen LogP contribution in [-0.2, 0) is 32.3 Å². The maximum atomic E-state index is 14.0. The van der Waals surface area contributed by atoms with Gasteiger partial charge in [0.2, 0.25) is 11.8 Å². The third kappa shape index (κ3) is 8.29. The van der Waals surface area contributed by atoms with Crippen LogP contribution in [-0.4, -0.2) is 43.8 Å². The number of benzene rings is 3. The van der Waals surface area contributed by atoms with Crippen LogP contribution in [0, 0.1) is 13.8 Å². The first-order valence-corrected chi connectivity index (χ1v) is 15.5. The van der Waals surface area contributed by atoms with E-state index in [1.807, 2.05) is 32.9 Å². The van der Waals surface area contributed by atoms with Gasteiger partial charge in [-0.2, -0.15) is 13.2 Å². The molecule has 0 fully saturated rings. The van der Waals surface area contributed by atoms with E-state index in [1.54, 1.807) is 31.2 Å². The molecular weight excluding hydrogens is 603 g/mol. The third-order valence-electron chi connectivity index (χ3n) is 7.20. The van der Waals surface area contributed by atoms with E-state index in [1.165, 1.54) is 24.0 Å². The van der Waals surface area contributed by atoms with Crippen LogP contribution in [0.5, 0.6) is 0 Å². The lowest BCUT2D eigenvalue weighted by Crippen LogP contribution is -2.52. The van der Waals surface area contributed by atoms with Crippen molar-refractivity contribution in [2.75, 3.05) is 10.8 Å². The Balaban J connectivity index is 2.13. The molecule has 43 heavy (non-hydrogen) atoms. The number of hydrogen-bond donors (Lipinski definition) is 1. The molecule has 2 atom stereocenters. The summed E-state index contributed by atoms with van der Waals surface area (Å²) in [6.07, 6.45) is -4.24. The zero-order valence-electron chi connectivity index (χ0n) is 24.6. The molecule has 0 saturated heterocycles. The lowest BCUT2D eigenvalue weighted by molar-refractivity contribution is -0.139. The number of anilines is 1. The van der Waals surface area contributed by atoms with Crippen molar-refractivity contribution >= 4 is 39.1 Å². The van der Waals surface area contributed by atoms with Crippen LogP contribution in [0.2, 0.25) is 5.02 Å². The first-order chi connectivity index (χ1) is 20.1. The lowest BCUT2D eigenvalue weighted by atomic mass is 10.1. The molecule has 7 nitrogen and oxygen atoms in total. The fraction of sp³-hybridized carbons (Fsp3) is 0.355. The Kier molecular flexibility index (Phi) is 10.9. The first-order valence-electron chi connectivity index (χ1n) is 13.7. The van der Waals surface area contributed by atoms with Gasteiger partial charge in [-0.3, -0.25) is 13.9 Å². The van der Waals surface area contributed by atoms with Gasteiger partial charge in [-0.15, -0.1) is 0 Å². The van der Waals surface area contributed by atoms with E-state index < -0.39 is 56.9 Å². The summed E-state index contributed by atoms with van der Waals surface area (Å²) in [5, 5.41) is 2.22. The molecule has 0 radical (unpaired) electrons. The summed E-state index contributed by atoms with van der Waals surface area (Å²) < 4.78 is 69.8. The van der Waals surface area contributed by atoms with Gasteiger partial charge in [0.05, 0.1) is 21.2 Å². The van der Waals surface area contributed by atoms with Gasteiger partial charge in [-0.05, 0) is 75.6 Å². The van der Waals surface area contributed by atoms with E-state index in [-0.39, 0.29) is 17.5 Å². The maximum Gasteiger partial charge on any atom is 0.417 e. The molecule has 0 bridgehead atoms. The van der Waals surface area contributed by atoms with E-state index in [2.05, 4.69) is 5.32 Å². The van der Waals surface area contributed by atoms with Crippen LogP contribution in [0.25, 0.3) is 0 Å². The second kappa shape index (κ2) is 13.8. The van der Waals surface area contributed by atoms with E-state index in [4.69, 9.17) is 11.6 Å². The molecule has 12 heteroatoms. The van der Waals surface area contributed by atoms with Crippen LogP contribution in [0.1, 0.15) is 49.4 Å². The fourth-order valence-electron chi connectivity index (χ4n) is 4.27. The smallest absolute Gasteiger partial charge is 0.352 e. The Morgan fingerprint density at radius 1 is 0.977 bits per heavy atom. The van der Waals surface area contributed by atoms with Crippen LogP contribution in [0.4, 0.5) is 18.9 Å². The number of hydrogen-bond acceptors (Lipinski definition) is 4. The Morgan fingerprint density at radius 3 is 2.19 bits per heavy atom. The number of sulfonamides is 1. The molecule has 0 aromatic heterocycles. The average molecular weight is 638 g/mol. The van der Waals surface area contributed by atoms with Gasteiger partial charge in [0.25, 0.3) is 10.0 Å². The largest absolute Gasteiger partial charge is 0.417 e. The fourth-order valence-corrected chi connectivity index (χ4v) is 5.90. The number of amides is 2. The molecule has 0 unspecified atom stereocenters. The summed E-state index contributed by atoms with van der Waals surface area (Å²) in [4.78, 5) is 28.2. The zero-order valence-corrected chi connectivity index (χ0v) is 26.1. The molecule has 3 rings (SSSR count). The second-order valence-electron chi connectivity index (χ2n) is 10.4. The quantitative estimate of drug-likeness (QED) is 0.260.